The van der Waals surface area contributed by atoms with E-state index in [2.05, 4.69) is 19.1 Å². The van der Waals surface area contributed by atoms with Crippen LogP contribution in [0.15, 0.2) is 48.5 Å². The van der Waals surface area contributed by atoms with Crippen molar-refractivity contribution in [3.8, 4) is 16.9 Å². The molecule has 1 aliphatic heterocycles. The fraction of sp³-hybridized carbons (Fsp3) is 0.250. The van der Waals surface area contributed by atoms with Gasteiger partial charge in [0.05, 0.1) is 29.9 Å². The fourth-order valence-corrected chi connectivity index (χ4v) is 4.36. The van der Waals surface area contributed by atoms with Crippen molar-refractivity contribution in [1.29, 1.82) is 0 Å². The zero-order valence-electron chi connectivity index (χ0n) is 15.2. The molecule has 1 aromatic heterocycles. The molecule has 0 N–H and O–H groups in total. The van der Waals surface area contributed by atoms with Crippen molar-refractivity contribution < 1.29 is 8.42 Å². The number of nitrogens with zero attached hydrogens (tertiary/aromatic N) is 3. The van der Waals surface area contributed by atoms with Gasteiger partial charge in [0, 0.05) is 22.7 Å². The van der Waals surface area contributed by atoms with E-state index < -0.39 is 10.0 Å². The summed E-state index contributed by atoms with van der Waals surface area (Å²) < 4.78 is 27.5. The quantitative estimate of drug-likeness (QED) is 0.663. The number of hydrogen-bond acceptors (Lipinski definition) is 3. The maximum Gasteiger partial charge on any atom is 0.211 e. The highest BCUT2D eigenvalue weighted by Gasteiger charge is 2.33. The predicted octanol–water partition coefficient (Wildman–Crippen LogP) is 4.03. The van der Waals surface area contributed by atoms with Gasteiger partial charge in [0.1, 0.15) is 0 Å². The van der Waals surface area contributed by atoms with Gasteiger partial charge in [0.2, 0.25) is 10.0 Å². The Balaban J connectivity index is 1.93. The topological polar surface area (TPSA) is 55.2 Å². The first-order chi connectivity index (χ1) is 12.9. The molecule has 5 nitrogen and oxygen atoms in total. The molecular formula is C20H20ClN3O2S. The third kappa shape index (κ3) is 3.29. The lowest BCUT2D eigenvalue weighted by atomic mass is 10.1. The maximum atomic E-state index is 12.0. The summed E-state index contributed by atoms with van der Waals surface area (Å²) in [5.74, 6) is 0. The summed E-state index contributed by atoms with van der Waals surface area (Å²) >= 11 is 6.07. The molecule has 0 amide bonds. The van der Waals surface area contributed by atoms with E-state index in [-0.39, 0.29) is 0 Å². The monoisotopic (exact) mass is 401 g/mol. The Morgan fingerprint density at radius 1 is 1.07 bits per heavy atom. The minimum atomic E-state index is -3.27. The molecule has 27 heavy (non-hydrogen) atoms. The second-order valence-electron chi connectivity index (χ2n) is 6.71. The number of para-hydroxylation sites is 1. The van der Waals surface area contributed by atoms with Crippen molar-refractivity contribution in [2.75, 3.05) is 6.26 Å². The van der Waals surface area contributed by atoms with E-state index in [0.717, 1.165) is 34.6 Å². The van der Waals surface area contributed by atoms with Gasteiger partial charge in [0.25, 0.3) is 0 Å². The maximum absolute atomic E-state index is 12.0. The highest BCUT2D eigenvalue weighted by atomic mass is 35.5. The van der Waals surface area contributed by atoms with Gasteiger partial charge in [-0.25, -0.2) is 13.1 Å². The van der Waals surface area contributed by atoms with Crippen molar-refractivity contribution in [3.05, 3.63) is 70.4 Å². The van der Waals surface area contributed by atoms with Crippen LogP contribution in [0, 0.1) is 0 Å². The molecule has 0 spiro atoms. The third-order valence-corrected chi connectivity index (χ3v) is 6.36. The van der Waals surface area contributed by atoms with E-state index in [0.29, 0.717) is 18.1 Å². The SMILES string of the molecule is CCc1ccccc1-n1nc2c(c1-c1ccc(Cl)cc1)CN(S(C)(=O)=O)C2. The summed E-state index contributed by atoms with van der Waals surface area (Å²) in [5, 5.41) is 5.47. The van der Waals surface area contributed by atoms with Crippen LogP contribution < -0.4 is 0 Å². The van der Waals surface area contributed by atoms with Crippen LogP contribution in [-0.4, -0.2) is 28.8 Å². The van der Waals surface area contributed by atoms with Gasteiger partial charge in [-0.3, -0.25) is 0 Å². The Hall–Kier alpha value is -2.15. The smallest absolute Gasteiger partial charge is 0.211 e. The number of benzene rings is 2. The second kappa shape index (κ2) is 6.78. The van der Waals surface area contributed by atoms with E-state index in [1.54, 1.807) is 0 Å². The first kappa shape index (κ1) is 18.2. The van der Waals surface area contributed by atoms with Gasteiger partial charge >= 0.3 is 0 Å². The molecule has 0 bridgehead atoms. The Morgan fingerprint density at radius 3 is 2.44 bits per heavy atom. The Morgan fingerprint density at radius 2 is 1.78 bits per heavy atom. The van der Waals surface area contributed by atoms with Crippen LogP contribution in [0.5, 0.6) is 0 Å². The standard InChI is InChI=1S/C20H20ClN3O2S/c1-3-14-6-4-5-7-19(14)24-20(15-8-10-16(21)11-9-15)17-12-23(27(2,25)26)13-18(17)22-24/h4-11H,3,12-13H2,1-2H3. The molecule has 3 aromatic rings. The molecule has 2 aromatic carbocycles. The summed E-state index contributed by atoms with van der Waals surface area (Å²) in [4.78, 5) is 0. The number of rotatable bonds is 4. The summed E-state index contributed by atoms with van der Waals surface area (Å²) in [5.41, 5.74) is 5.85. The average Bonchev–Trinajstić information content (AvgIpc) is 3.20. The van der Waals surface area contributed by atoms with Crippen molar-refractivity contribution in [2.24, 2.45) is 0 Å². The fourth-order valence-electron chi connectivity index (χ4n) is 3.52. The number of sulfonamides is 1. The minimum absolute atomic E-state index is 0.302. The largest absolute Gasteiger partial charge is 0.232 e. The van der Waals surface area contributed by atoms with Crippen LogP contribution >= 0.6 is 11.6 Å². The van der Waals surface area contributed by atoms with Crippen molar-refractivity contribution >= 4 is 21.6 Å². The van der Waals surface area contributed by atoms with Gasteiger partial charge in [-0.05, 0) is 30.2 Å². The van der Waals surface area contributed by atoms with E-state index >= 15 is 0 Å². The third-order valence-electron chi connectivity index (χ3n) is 4.91. The van der Waals surface area contributed by atoms with Gasteiger partial charge in [-0.2, -0.15) is 9.40 Å². The highest BCUT2D eigenvalue weighted by Crippen LogP contribution is 2.36. The summed E-state index contributed by atoms with van der Waals surface area (Å²) in [6.45, 7) is 2.75. The van der Waals surface area contributed by atoms with Crippen LogP contribution in [0.25, 0.3) is 16.9 Å². The lowest BCUT2D eigenvalue weighted by molar-refractivity contribution is 0.430. The van der Waals surface area contributed by atoms with Crippen LogP contribution in [0.4, 0.5) is 0 Å². The van der Waals surface area contributed by atoms with E-state index in [4.69, 9.17) is 16.7 Å². The normalized spacial score (nSPS) is 14.5. The number of aromatic nitrogens is 2. The van der Waals surface area contributed by atoms with Gasteiger partial charge < -0.3 is 0 Å². The Kier molecular flexibility index (Phi) is 4.58. The lowest BCUT2D eigenvalue weighted by Gasteiger charge is -2.16. The molecule has 0 fully saturated rings. The minimum Gasteiger partial charge on any atom is -0.232 e. The first-order valence-corrected chi connectivity index (χ1v) is 11.0. The van der Waals surface area contributed by atoms with Crippen LogP contribution in [0.3, 0.4) is 0 Å². The van der Waals surface area contributed by atoms with E-state index in [1.165, 1.54) is 16.1 Å². The zero-order valence-corrected chi connectivity index (χ0v) is 16.8. The van der Waals surface area contributed by atoms with E-state index in [9.17, 15) is 8.42 Å². The van der Waals surface area contributed by atoms with Crippen molar-refractivity contribution in [1.82, 2.24) is 14.1 Å². The molecule has 0 unspecified atom stereocenters. The molecule has 0 atom stereocenters. The summed E-state index contributed by atoms with van der Waals surface area (Å²) in [6.07, 6.45) is 2.12. The second-order valence-corrected chi connectivity index (χ2v) is 9.12. The zero-order chi connectivity index (χ0) is 19.2. The number of aryl methyl sites for hydroxylation is 1. The van der Waals surface area contributed by atoms with Crippen molar-refractivity contribution in [2.45, 2.75) is 26.4 Å². The molecule has 7 heteroatoms. The molecule has 2 heterocycles. The molecule has 4 rings (SSSR count). The number of fused-ring (bicyclic) bond motifs is 1. The first-order valence-electron chi connectivity index (χ1n) is 8.78. The molecule has 0 saturated heterocycles. The van der Waals surface area contributed by atoms with Crippen LogP contribution in [0.2, 0.25) is 5.02 Å². The average molecular weight is 402 g/mol. The Bertz CT molecular complexity index is 1100. The summed E-state index contributed by atoms with van der Waals surface area (Å²) in [7, 11) is -3.27. The Labute approximate surface area is 164 Å². The molecule has 1 aliphatic rings. The van der Waals surface area contributed by atoms with Gasteiger partial charge in [-0.1, -0.05) is 48.9 Å². The molecule has 140 valence electrons. The molecule has 0 radical (unpaired) electrons. The molecular weight excluding hydrogens is 382 g/mol. The highest BCUT2D eigenvalue weighted by molar-refractivity contribution is 7.88. The predicted molar refractivity (Wildman–Crippen MR) is 107 cm³/mol. The van der Waals surface area contributed by atoms with Gasteiger partial charge in [0.15, 0.2) is 0 Å². The molecule has 0 aliphatic carbocycles. The van der Waals surface area contributed by atoms with Crippen LogP contribution in [-0.2, 0) is 29.5 Å². The number of hydrogen-bond donors (Lipinski definition) is 0. The lowest BCUT2D eigenvalue weighted by Crippen LogP contribution is -2.24. The van der Waals surface area contributed by atoms with Gasteiger partial charge in [-0.15, -0.1) is 0 Å². The van der Waals surface area contributed by atoms with Crippen molar-refractivity contribution in [3.63, 3.8) is 0 Å². The molecule has 0 saturated carbocycles. The van der Waals surface area contributed by atoms with E-state index in [1.807, 2.05) is 41.1 Å². The van der Waals surface area contributed by atoms with Crippen LogP contribution in [0.1, 0.15) is 23.7 Å². The summed E-state index contributed by atoms with van der Waals surface area (Å²) in [6, 6.07) is 15.8. The number of halogens is 1.